The number of nitrogens with zero attached hydrogens (tertiary/aromatic N) is 2. The smallest absolute Gasteiger partial charge is 0.401 e. The van der Waals surface area contributed by atoms with Gasteiger partial charge in [0.25, 0.3) is 11.8 Å². The first kappa shape index (κ1) is 21.3. The average molecular weight is 433 g/mol. The number of ether oxygens (including phenoxy) is 1. The number of amides is 2. The van der Waals surface area contributed by atoms with Gasteiger partial charge < -0.3 is 4.74 Å². The van der Waals surface area contributed by atoms with E-state index < -0.39 is 24.5 Å². The molecule has 0 saturated carbocycles. The zero-order chi connectivity index (χ0) is 22.0. The monoisotopic (exact) mass is 433 g/mol. The van der Waals surface area contributed by atoms with Crippen LogP contribution in [0.15, 0.2) is 42.5 Å². The summed E-state index contributed by atoms with van der Waals surface area (Å²) in [7, 11) is 0. The van der Waals surface area contributed by atoms with E-state index in [1.165, 1.54) is 4.90 Å². The van der Waals surface area contributed by atoms with Crippen molar-refractivity contribution in [1.29, 1.82) is 0 Å². The van der Waals surface area contributed by atoms with E-state index in [0.717, 1.165) is 11.1 Å². The quantitative estimate of drug-likeness (QED) is 0.710. The van der Waals surface area contributed by atoms with Crippen LogP contribution in [0.3, 0.4) is 0 Å². The summed E-state index contributed by atoms with van der Waals surface area (Å²) in [6.07, 6.45) is -4.15. The summed E-state index contributed by atoms with van der Waals surface area (Å²) in [5.74, 6) is -0.317. The first-order valence-electron chi connectivity index (χ1n) is 9.99. The minimum atomic E-state index is -4.15. The Labute approximate surface area is 177 Å². The number of benzene rings is 2. The van der Waals surface area contributed by atoms with Crippen molar-refractivity contribution in [2.75, 3.05) is 32.7 Å². The molecular formula is C22H22F3N3O3. The molecule has 31 heavy (non-hydrogen) atoms. The summed E-state index contributed by atoms with van der Waals surface area (Å²) in [4.78, 5) is 26.9. The summed E-state index contributed by atoms with van der Waals surface area (Å²) in [6, 6.07) is 12.6. The SMILES string of the molecule is O=C1NC(=O)c2cc(OCc3ccc(CN4CCN(CC(F)(F)F)CC4)cc3)ccc21. The summed E-state index contributed by atoms with van der Waals surface area (Å²) in [5, 5.41) is 2.25. The van der Waals surface area contributed by atoms with E-state index in [-0.39, 0.29) is 0 Å². The van der Waals surface area contributed by atoms with Crippen LogP contribution in [0.2, 0.25) is 0 Å². The number of hydrogen-bond acceptors (Lipinski definition) is 5. The molecule has 164 valence electrons. The first-order valence-corrected chi connectivity index (χ1v) is 9.99. The van der Waals surface area contributed by atoms with Gasteiger partial charge in [0.15, 0.2) is 0 Å². The molecule has 2 aliphatic rings. The van der Waals surface area contributed by atoms with Crippen molar-refractivity contribution in [1.82, 2.24) is 15.1 Å². The molecule has 0 atom stereocenters. The zero-order valence-electron chi connectivity index (χ0n) is 16.7. The molecule has 0 aliphatic carbocycles. The van der Waals surface area contributed by atoms with Gasteiger partial charge in [-0.25, -0.2) is 0 Å². The van der Waals surface area contributed by atoms with Crippen molar-refractivity contribution in [3.05, 3.63) is 64.7 Å². The third-order valence-corrected chi connectivity index (χ3v) is 5.41. The molecule has 2 aliphatic heterocycles. The molecule has 2 heterocycles. The Bertz CT molecular complexity index is 968. The molecule has 0 spiro atoms. The van der Waals surface area contributed by atoms with Gasteiger partial charge in [0.1, 0.15) is 12.4 Å². The molecule has 1 N–H and O–H groups in total. The highest BCUT2D eigenvalue weighted by Crippen LogP contribution is 2.23. The maximum Gasteiger partial charge on any atom is 0.401 e. The van der Waals surface area contributed by atoms with Crippen molar-refractivity contribution < 1.29 is 27.5 Å². The number of halogens is 3. The van der Waals surface area contributed by atoms with Crippen LogP contribution in [0.5, 0.6) is 5.75 Å². The van der Waals surface area contributed by atoms with Crippen LogP contribution in [-0.4, -0.2) is 60.5 Å². The molecule has 0 radical (unpaired) electrons. The normalized spacial score (nSPS) is 17.5. The molecule has 1 saturated heterocycles. The number of nitrogens with one attached hydrogen (secondary N) is 1. The van der Waals surface area contributed by atoms with Gasteiger partial charge in [-0.3, -0.25) is 24.7 Å². The van der Waals surface area contributed by atoms with Gasteiger partial charge in [0, 0.05) is 32.7 Å². The van der Waals surface area contributed by atoms with Crippen LogP contribution in [0.4, 0.5) is 13.2 Å². The highest BCUT2D eigenvalue weighted by atomic mass is 19.4. The van der Waals surface area contributed by atoms with Gasteiger partial charge in [0.05, 0.1) is 17.7 Å². The molecule has 6 nitrogen and oxygen atoms in total. The minimum absolute atomic E-state index is 0.310. The molecule has 2 aromatic rings. The van der Waals surface area contributed by atoms with Crippen LogP contribution >= 0.6 is 0 Å². The zero-order valence-corrected chi connectivity index (χ0v) is 16.7. The second kappa shape index (κ2) is 8.68. The van der Waals surface area contributed by atoms with E-state index in [1.807, 2.05) is 24.3 Å². The standard InChI is InChI=1S/C22H22F3N3O3/c23-22(24,25)14-28-9-7-27(8-10-28)12-15-1-3-16(4-2-15)13-31-17-5-6-18-19(11-17)21(30)26-20(18)29/h1-6,11H,7-10,12-14H2,(H,26,29,30). The van der Waals surface area contributed by atoms with Crippen molar-refractivity contribution in [2.45, 2.75) is 19.3 Å². The maximum absolute atomic E-state index is 12.5. The van der Waals surface area contributed by atoms with E-state index in [9.17, 15) is 22.8 Å². The average Bonchev–Trinajstić information content (AvgIpc) is 3.01. The van der Waals surface area contributed by atoms with E-state index in [4.69, 9.17) is 4.74 Å². The Balaban J connectivity index is 1.26. The van der Waals surface area contributed by atoms with Crippen LogP contribution in [0.25, 0.3) is 0 Å². The number of rotatable bonds is 6. The Hall–Kier alpha value is -2.91. The summed E-state index contributed by atoms with van der Waals surface area (Å²) in [6.45, 7) is 2.19. The lowest BCUT2D eigenvalue weighted by atomic mass is 10.1. The van der Waals surface area contributed by atoms with Gasteiger partial charge in [-0.15, -0.1) is 0 Å². The van der Waals surface area contributed by atoms with Crippen LogP contribution in [0.1, 0.15) is 31.8 Å². The highest BCUT2D eigenvalue weighted by Gasteiger charge is 2.32. The molecule has 2 aromatic carbocycles. The number of carbonyl (C=O) groups is 2. The van der Waals surface area contributed by atoms with Gasteiger partial charge in [-0.2, -0.15) is 13.2 Å². The molecule has 2 amide bonds. The maximum atomic E-state index is 12.5. The highest BCUT2D eigenvalue weighted by molar-refractivity contribution is 6.21. The second-order valence-electron chi connectivity index (χ2n) is 7.76. The van der Waals surface area contributed by atoms with E-state index in [0.29, 0.717) is 56.2 Å². The minimum Gasteiger partial charge on any atom is -0.489 e. The van der Waals surface area contributed by atoms with Crippen LogP contribution < -0.4 is 10.1 Å². The number of piperazine rings is 1. The van der Waals surface area contributed by atoms with E-state index >= 15 is 0 Å². The summed E-state index contributed by atoms with van der Waals surface area (Å²) < 4.78 is 43.2. The predicted molar refractivity (Wildman–Crippen MR) is 107 cm³/mol. The molecular weight excluding hydrogens is 411 g/mol. The third kappa shape index (κ3) is 5.42. The Morgan fingerprint density at radius 3 is 2.13 bits per heavy atom. The van der Waals surface area contributed by atoms with Gasteiger partial charge in [-0.05, 0) is 29.3 Å². The van der Waals surface area contributed by atoms with Crippen molar-refractivity contribution in [3.8, 4) is 5.75 Å². The van der Waals surface area contributed by atoms with Crippen LogP contribution in [-0.2, 0) is 13.2 Å². The van der Waals surface area contributed by atoms with Crippen molar-refractivity contribution in [3.63, 3.8) is 0 Å². The Morgan fingerprint density at radius 2 is 1.45 bits per heavy atom. The molecule has 9 heteroatoms. The van der Waals surface area contributed by atoms with Crippen molar-refractivity contribution >= 4 is 11.8 Å². The molecule has 1 fully saturated rings. The van der Waals surface area contributed by atoms with E-state index in [1.54, 1.807) is 18.2 Å². The van der Waals surface area contributed by atoms with Crippen LogP contribution in [0, 0.1) is 0 Å². The molecule has 0 bridgehead atoms. The third-order valence-electron chi connectivity index (χ3n) is 5.41. The lowest BCUT2D eigenvalue weighted by Gasteiger charge is -2.35. The molecule has 4 rings (SSSR count). The lowest BCUT2D eigenvalue weighted by Crippen LogP contribution is -2.48. The second-order valence-corrected chi connectivity index (χ2v) is 7.76. The number of carbonyl (C=O) groups excluding carboxylic acids is 2. The summed E-state index contributed by atoms with van der Waals surface area (Å²) >= 11 is 0. The van der Waals surface area contributed by atoms with Crippen molar-refractivity contribution in [2.24, 2.45) is 0 Å². The Morgan fingerprint density at radius 1 is 0.839 bits per heavy atom. The predicted octanol–water partition coefficient (Wildman–Crippen LogP) is 2.83. The number of imide groups is 1. The van der Waals surface area contributed by atoms with Gasteiger partial charge >= 0.3 is 6.18 Å². The fraction of sp³-hybridized carbons (Fsp3) is 0.364. The Kier molecular flexibility index (Phi) is 5.97. The first-order chi connectivity index (χ1) is 14.8. The van der Waals surface area contributed by atoms with Gasteiger partial charge in [0.2, 0.25) is 0 Å². The summed E-state index contributed by atoms with van der Waals surface area (Å²) in [5.41, 5.74) is 2.69. The van der Waals surface area contributed by atoms with E-state index in [2.05, 4.69) is 10.2 Å². The topological polar surface area (TPSA) is 61.9 Å². The molecule has 0 aromatic heterocycles. The van der Waals surface area contributed by atoms with Gasteiger partial charge in [-0.1, -0.05) is 24.3 Å². The largest absolute Gasteiger partial charge is 0.489 e. The number of fused-ring (bicyclic) bond motifs is 1. The number of hydrogen-bond donors (Lipinski definition) is 1. The fourth-order valence-electron chi connectivity index (χ4n) is 3.76. The molecule has 0 unspecified atom stereocenters. The lowest BCUT2D eigenvalue weighted by molar-refractivity contribution is -0.149. The fourth-order valence-corrected chi connectivity index (χ4v) is 3.76. The number of alkyl halides is 3.